The molecule has 0 N–H and O–H groups in total. The van der Waals surface area contributed by atoms with Crippen LogP contribution in [-0.4, -0.2) is 10.4 Å². The number of alkyl halides is 1. The van der Waals surface area contributed by atoms with Gasteiger partial charge in [0.1, 0.15) is 0 Å². The molecule has 0 spiro atoms. The molecular weight excluding hydrogens is 206 g/mol. The summed E-state index contributed by atoms with van der Waals surface area (Å²) >= 11 is 6.47. The molecule has 1 heterocycles. The van der Waals surface area contributed by atoms with Crippen molar-refractivity contribution in [1.29, 1.82) is 0 Å². The van der Waals surface area contributed by atoms with Crippen molar-refractivity contribution in [3.05, 3.63) is 30.1 Å². The Kier molecular flexibility index (Phi) is 4.59. The normalized spacial score (nSPS) is 17.5. The fourth-order valence-corrected chi connectivity index (χ4v) is 2.05. The quantitative estimate of drug-likeness (QED) is 0.704. The van der Waals surface area contributed by atoms with Crippen molar-refractivity contribution < 1.29 is 0 Å². The monoisotopic (exact) mass is 225 g/mol. The van der Waals surface area contributed by atoms with Crippen LogP contribution in [0.3, 0.4) is 0 Å². The van der Waals surface area contributed by atoms with Crippen LogP contribution in [0.4, 0.5) is 0 Å². The van der Waals surface area contributed by atoms with Crippen molar-refractivity contribution in [2.24, 2.45) is 11.8 Å². The molecule has 84 valence electrons. The highest BCUT2D eigenvalue weighted by Gasteiger charge is 2.25. The molecule has 0 aromatic carbocycles. The number of pyridine rings is 1. The van der Waals surface area contributed by atoms with E-state index in [0.29, 0.717) is 17.8 Å². The topological polar surface area (TPSA) is 12.9 Å². The summed E-state index contributed by atoms with van der Waals surface area (Å²) in [4.78, 5) is 4.36. The number of halogens is 1. The predicted molar refractivity (Wildman–Crippen MR) is 66.3 cm³/mol. The van der Waals surface area contributed by atoms with E-state index in [4.69, 9.17) is 11.6 Å². The summed E-state index contributed by atoms with van der Waals surface area (Å²) in [6, 6.07) is 6.00. The Balaban J connectivity index is 2.73. The molecule has 0 amide bonds. The van der Waals surface area contributed by atoms with Gasteiger partial charge < -0.3 is 0 Å². The van der Waals surface area contributed by atoms with Gasteiger partial charge in [-0.2, -0.15) is 0 Å². The molecule has 0 fully saturated rings. The molecule has 1 aromatic heterocycles. The third kappa shape index (κ3) is 3.20. The van der Waals surface area contributed by atoms with E-state index in [2.05, 4.69) is 32.7 Å². The Morgan fingerprint density at radius 3 is 2.27 bits per heavy atom. The van der Waals surface area contributed by atoms with E-state index in [1.54, 1.807) is 0 Å². The summed E-state index contributed by atoms with van der Waals surface area (Å²) in [5, 5.41) is 0.153. The number of hydrogen-bond acceptors (Lipinski definition) is 1. The summed E-state index contributed by atoms with van der Waals surface area (Å²) in [6.45, 7) is 8.79. The van der Waals surface area contributed by atoms with Crippen LogP contribution in [0.2, 0.25) is 0 Å². The zero-order valence-corrected chi connectivity index (χ0v) is 10.7. The van der Waals surface area contributed by atoms with E-state index >= 15 is 0 Å². The van der Waals surface area contributed by atoms with E-state index in [1.807, 2.05) is 24.4 Å². The van der Waals surface area contributed by atoms with Gasteiger partial charge in [-0.15, -0.1) is 11.6 Å². The highest BCUT2D eigenvalue weighted by Crippen LogP contribution is 2.30. The molecular formula is C13H20ClN. The first kappa shape index (κ1) is 12.5. The van der Waals surface area contributed by atoms with E-state index in [1.165, 1.54) is 0 Å². The lowest BCUT2D eigenvalue weighted by Crippen LogP contribution is -2.23. The van der Waals surface area contributed by atoms with E-state index in [0.717, 1.165) is 5.69 Å². The molecule has 0 aliphatic rings. The zero-order valence-electron chi connectivity index (χ0n) is 9.94. The van der Waals surface area contributed by atoms with Crippen LogP contribution in [0.25, 0.3) is 0 Å². The van der Waals surface area contributed by atoms with E-state index < -0.39 is 0 Å². The van der Waals surface area contributed by atoms with Gasteiger partial charge in [-0.1, -0.05) is 33.8 Å². The van der Waals surface area contributed by atoms with Gasteiger partial charge in [0.25, 0.3) is 0 Å². The van der Waals surface area contributed by atoms with Gasteiger partial charge in [-0.3, -0.25) is 4.98 Å². The maximum absolute atomic E-state index is 6.47. The molecule has 0 bridgehead atoms. The second-order valence-corrected chi connectivity index (χ2v) is 5.09. The summed E-state index contributed by atoms with van der Waals surface area (Å²) in [7, 11) is 0. The smallest absolute Gasteiger partial charge is 0.0446 e. The number of hydrogen-bond donors (Lipinski definition) is 0. The van der Waals surface area contributed by atoms with Crippen molar-refractivity contribution in [2.75, 3.05) is 0 Å². The second kappa shape index (κ2) is 5.50. The molecule has 0 aliphatic heterocycles. The number of rotatable bonds is 4. The fraction of sp³-hybridized carbons (Fsp3) is 0.615. The molecule has 15 heavy (non-hydrogen) atoms. The summed E-state index contributed by atoms with van der Waals surface area (Å²) in [6.07, 6.45) is 1.83. The third-order valence-corrected chi connectivity index (χ3v) is 3.96. The van der Waals surface area contributed by atoms with Crippen LogP contribution in [0, 0.1) is 11.8 Å². The lowest BCUT2D eigenvalue weighted by Gasteiger charge is -2.26. The summed E-state index contributed by atoms with van der Waals surface area (Å²) in [5.41, 5.74) is 1.09. The minimum absolute atomic E-state index is 0.153. The Bertz CT molecular complexity index is 284. The van der Waals surface area contributed by atoms with Crippen LogP contribution in [0.15, 0.2) is 24.4 Å². The molecule has 0 saturated heterocycles. The number of nitrogens with zero attached hydrogens (tertiary/aromatic N) is 1. The fourth-order valence-electron chi connectivity index (χ4n) is 1.63. The molecule has 3 atom stereocenters. The lowest BCUT2D eigenvalue weighted by atomic mass is 9.86. The molecule has 0 aliphatic carbocycles. The van der Waals surface area contributed by atoms with Gasteiger partial charge in [-0.05, 0) is 24.0 Å². The predicted octanol–water partition coefficient (Wildman–Crippen LogP) is 4.08. The van der Waals surface area contributed by atoms with Gasteiger partial charge in [0.05, 0.1) is 0 Å². The molecule has 1 aromatic rings. The van der Waals surface area contributed by atoms with Crippen molar-refractivity contribution in [1.82, 2.24) is 4.98 Å². The summed E-state index contributed by atoms with van der Waals surface area (Å²) < 4.78 is 0. The first-order valence-corrected chi connectivity index (χ1v) is 6.02. The molecule has 1 nitrogen and oxygen atoms in total. The average molecular weight is 226 g/mol. The Labute approximate surface area is 97.9 Å². The molecule has 2 heteroatoms. The van der Waals surface area contributed by atoms with Crippen molar-refractivity contribution >= 4 is 11.6 Å². The van der Waals surface area contributed by atoms with Crippen LogP contribution in [0.5, 0.6) is 0 Å². The first-order valence-electron chi connectivity index (χ1n) is 5.59. The minimum Gasteiger partial charge on any atom is -0.261 e. The van der Waals surface area contributed by atoms with Crippen LogP contribution < -0.4 is 0 Å². The standard InChI is InChI=1S/C13H20ClN/c1-9(2)10(3)13(14)11(4)12-7-5-6-8-15-12/h5-11,13H,1-4H3. The van der Waals surface area contributed by atoms with Gasteiger partial charge in [-0.25, -0.2) is 0 Å². The van der Waals surface area contributed by atoms with Crippen molar-refractivity contribution in [3.8, 4) is 0 Å². The highest BCUT2D eigenvalue weighted by atomic mass is 35.5. The molecule has 0 saturated carbocycles. The molecule has 0 radical (unpaired) electrons. The summed E-state index contributed by atoms with van der Waals surface area (Å²) in [5.74, 6) is 1.42. The first-order chi connectivity index (χ1) is 7.04. The van der Waals surface area contributed by atoms with Crippen LogP contribution in [-0.2, 0) is 0 Å². The maximum Gasteiger partial charge on any atom is 0.0446 e. The van der Waals surface area contributed by atoms with Crippen LogP contribution in [0.1, 0.15) is 39.3 Å². The molecule has 1 rings (SSSR count). The lowest BCUT2D eigenvalue weighted by molar-refractivity contribution is 0.373. The van der Waals surface area contributed by atoms with Crippen LogP contribution >= 0.6 is 11.6 Å². The van der Waals surface area contributed by atoms with Crippen molar-refractivity contribution in [2.45, 2.75) is 39.0 Å². The van der Waals surface area contributed by atoms with Crippen molar-refractivity contribution in [3.63, 3.8) is 0 Å². The Morgan fingerprint density at radius 1 is 1.13 bits per heavy atom. The SMILES string of the molecule is CC(C)C(C)C(Cl)C(C)c1ccccn1. The zero-order chi connectivity index (χ0) is 11.4. The highest BCUT2D eigenvalue weighted by molar-refractivity contribution is 6.21. The molecule has 3 unspecified atom stereocenters. The van der Waals surface area contributed by atoms with Gasteiger partial charge in [0.15, 0.2) is 0 Å². The largest absolute Gasteiger partial charge is 0.261 e. The Morgan fingerprint density at radius 2 is 1.80 bits per heavy atom. The second-order valence-electron chi connectivity index (χ2n) is 4.59. The van der Waals surface area contributed by atoms with Gasteiger partial charge in [0.2, 0.25) is 0 Å². The Hall–Kier alpha value is -0.560. The average Bonchev–Trinajstić information content (AvgIpc) is 2.27. The van der Waals surface area contributed by atoms with E-state index in [-0.39, 0.29) is 5.38 Å². The van der Waals surface area contributed by atoms with Gasteiger partial charge >= 0.3 is 0 Å². The van der Waals surface area contributed by atoms with E-state index in [9.17, 15) is 0 Å². The van der Waals surface area contributed by atoms with Gasteiger partial charge in [0, 0.05) is 23.2 Å². The third-order valence-electron chi connectivity index (χ3n) is 3.19. The minimum atomic E-state index is 0.153. The maximum atomic E-state index is 6.47. The number of aromatic nitrogens is 1.